The number of nitrogens with one attached hydrogen (secondary N) is 2. The van der Waals surface area contributed by atoms with Crippen molar-refractivity contribution in [2.75, 3.05) is 5.32 Å². The van der Waals surface area contributed by atoms with Gasteiger partial charge in [-0.2, -0.15) is 0 Å². The van der Waals surface area contributed by atoms with E-state index in [0.29, 0.717) is 22.1 Å². The molecule has 8 heteroatoms. The van der Waals surface area contributed by atoms with E-state index < -0.39 is 6.04 Å². The number of halogens is 1. The van der Waals surface area contributed by atoms with Crippen molar-refractivity contribution in [2.45, 2.75) is 19.4 Å². The van der Waals surface area contributed by atoms with E-state index in [-0.39, 0.29) is 11.8 Å². The molecule has 3 aromatic carbocycles. The average molecular weight is 521 g/mol. The van der Waals surface area contributed by atoms with E-state index in [0.717, 1.165) is 21.2 Å². The Bertz CT molecular complexity index is 1280. The van der Waals surface area contributed by atoms with Crippen LogP contribution in [0.3, 0.4) is 0 Å². The smallest absolute Gasteiger partial charge is 0.251 e. The van der Waals surface area contributed by atoms with Gasteiger partial charge in [-0.1, -0.05) is 87.4 Å². The van der Waals surface area contributed by atoms with Crippen LogP contribution in [-0.2, 0) is 11.2 Å². The Morgan fingerprint density at radius 1 is 0.970 bits per heavy atom. The van der Waals surface area contributed by atoms with E-state index in [1.807, 2.05) is 67.6 Å². The number of anilines is 1. The molecule has 0 aliphatic heterocycles. The van der Waals surface area contributed by atoms with Gasteiger partial charge in [0, 0.05) is 22.0 Å². The number of hydrogen-bond acceptors (Lipinski definition) is 5. The molecule has 0 bridgehead atoms. The fraction of sp³-hybridized carbons (Fsp3) is 0.120. The number of nitrogens with zero attached hydrogens (tertiary/aromatic N) is 2. The monoisotopic (exact) mass is 520 g/mol. The maximum atomic E-state index is 13.2. The van der Waals surface area contributed by atoms with Gasteiger partial charge in [0.2, 0.25) is 11.0 Å². The molecule has 1 aromatic heterocycles. The van der Waals surface area contributed by atoms with E-state index in [2.05, 4.69) is 36.8 Å². The fourth-order valence-electron chi connectivity index (χ4n) is 3.29. The Hall–Kier alpha value is -3.36. The van der Waals surface area contributed by atoms with Crippen LogP contribution >= 0.6 is 27.3 Å². The maximum absolute atomic E-state index is 13.2. The van der Waals surface area contributed by atoms with Gasteiger partial charge < -0.3 is 5.32 Å². The SMILES string of the molecule is Cc1cccc(-c2nnc(NC(=O)[C@@H](Cc3ccccc3)NC(=O)c3cccc(Br)c3)s2)c1. The summed E-state index contributed by atoms with van der Waals surface area (Å²) in [6.45, 7) is 2.01. The highest BCUT2D eigenvalue weighted by Gasteiger charge is 2.23. The molecular formula is C25H21BrN4O2S. The summed E-state index contributed by atoms with van der Waals surface area (Å²) in [4.78, 5) is 26.0. The molecule has 0 spiro atoms. The normalized spacial score (nSPS) is 11.6. The Morgan fingerprint density at radius 3 is 2.52 bits per heavy atom. The Morgan fingerprint density at radius 2 is 1.76 bits per heavy atom. The van der Waals surface area contributed by atoms with E-state index in [1.54, 1.807) is 18.2 Å². The number of carbonyl (C=O) groups excluding carboxylic acids is 2. The topological polar surface area (TPSA) is 84.0 Å². The van der Waals surface area contributed by atoms with Crippen LogP contribution in [0.15, 0.2) is 83.3 Å². The molecule has 4 rings (SSSR count). The molecule has 2 amide bonds. The van der Waals surface area contributed by atoms with Crippen molar-refractivity contribution < 1.29 is 9.59 Å². The quantitative estimate of drug-likeness (QED) is 0.348. The first-order valence-corrected chi connectivity index (χ1v) is 11.9. The van der Waals surface area contributed by atoms with Gasteiger partial charge in [-0.3, -0.25) is 14.9 Å². The van der Waals surface area contributed by atoms with Gasteiger partial charge in [-0.25, -0.2) is 0 Å². The van der Waals surface area contributed by atoms with Crippen molar-refractivity contribution in [1.82, 2.24) is 15.5 Å². The lowest BCUT2D eigenvalue weighted by molar-refractivity contribution is -0.118. The largest absolute Gasteiger partial charge is 0.340 e. The van der Waals surface area contributed by atoms with Crippen LogP contribution in [0.2, 0.25) is 0 Å². The lowest BCUT2D eigenvalue weighted by Gasteiger charge is -2.18. The van der Waals surface area contributed by atoms with Crippen LogP contribution in [-0.4, -0.2) is 28.1 Å². The minimum Gasteiger partial charge on any atom is -0.340 e. The van der Waals surface area contributed by atoms with Crippen molar-refractivity contribution in [3.63, 3.8) is 0 Å². The lowest BCUT2D eigenvalue weighted by atomic mass is 10.0. The predicted molar refractivity (Wildman–Crippen MR) is 134 cm³/mol. The van der Waals surface area contributed by atoms with Crippen molar-refractivity contribution in [3.05, 3.63) is 100 Å². The third-order valence-corrected chi connectivity index (χ3v) is 6.29. The van der Waals surface area contributed by atoms with Crippen LogP contribution in [0.5, 0.6) is 0 Å². The van der Waals surface area contributed by atoms with Crippen molar-refractivity contribution in [1.29, 1.82) is 0 Å². The number of hydrogen-bond donors (Lipinski definition) is 2. The highest BCUT2D eigenvalue weighted by Crippen LogP contribution is 2.27. The minimum atomic E-state index is -0.787. The second-order valence-corrected chi connectivity index (χ2v) is 9.39. The average Bonchev–Trinajstić information content (AvgIpc) is 3.28. The first-order valence-electron chi connectivity index (χ1n) is 10.3. The van der Waals surface area contributed by atoms with Gasteiger partial charge in [0.1, 0.15) is 11.0 Å². The molecule has 0 fully saturated rings. The standard InChI is InChI=1S/C25H21BrN4O2S/c1-16-7-5-11-19(13-16)24-29-30-25(33-24)28-23(32)21(14-17-8-3-2-4-9-17)27-22(31)18-10-6-12-20(26)15-18/h2-13,15,21H,14H2,1H3,(H,27,31)(H,28,30,32)/t21-/m1/s1. The second kappa shape index (κ2) is 10.5. The summed E-state index contributed by atoms with van der Waals surface area (Å²) in [5, 5.41) is 15.1. The number of amides is 2. The summed E-state index contributed by atoms with van der Waals surface area (Å²) in [5.74, 6) is -0.681. The zero-order valence-electron chi connectivity index (χ0n) is 17.8. The molecule has 0 aliphatic carbocycles. The summed E-state index contributed by atoms with van der Waals surface area (Å²) in [6, 6.07) is 23.7. The van der Waals surface area contributed by atoms with Crippen LogP contribution in [0.4, 0.5) is 5.13 Å². The Labute approximate surface area is 204 Å². The molecule has 0 aliphatic rings. The molecule has 0 saturated carbocycles. The summed E-state index contributed by atoms with van der Waals surface area (Å²) in [6.07, 6.45) is 0.343. The molecule has 2 N–H and O–H groups in total. The molecule has 1 atom stereocenters. The number of rotatable bonds is 7. The molecule has 0 radical (unpaired) electrons. The number of benzene rings is 3. The molecule has 33 heavy (non-hydrogen) atoms. The molecule has 0 saturated heterocycles. The van der Waals surface area contributed by atoms with Crippen molar-refractivity contribution in [2.24, 2.45) is 0 Å². The van der Waals surface area contributed by atoms with Gasteiger partial charge in [-0.05, 0) is 36.8 Å². The van der Waals surface area contributed by atoms with Gasteiger partial charge in [0.15, 0.2) is 0 Å². The summed E-state index contributed by atoms with van der Waals surface area (Å²) >= 11 is 4.67. The summed E-state index contributed by atoms with van der Waals surface area (Å²) in [7, 11) is 0. The van der Waals surface area contributed by atoms with E-state index >= 15 is 0 Å². The first kappa shape index (κ1) is 22.8. The lowest BCUT2D eigenvalue weighted by Crippen LogP contribution is -2.45. The third-order valence-electron chi connectivity index (χ3n) is 4.91. The molecule has 0 unspecified atom stereocenters. The van der Waals surface area contributed by atoms with E-state index in [4.69, 9.17) is 0 Å². The molecule has 166 valence electrons. The van der Waals surface area contributed by atoms with Crippen LogP contribution < -0.4 is 10.6 Å². The molecule has 6 nitrogen and oxygen atoms in total. The highest BCUT2D eigenvalue weighted by molar-refractivity contribution is 9.10. The van der Waals surface area contributed by atoms with Crippen LogP contribution in [0.1, 0.15) is 21.5 Å². The number of aryl methyl sites for hydroxylation is 1. The van der Waals surface area contributed by atoms with Gasteiger partial charge in [0.05, 0.1) is 0 Å². The van der Waals surface area contributed by atoms with E-state index in [1.165, 1.54) is 11.3 Å². The molecule has 4 aromatic rings. The predicted octanol–water partition coefficient (Wildman–Crippen LogP) is 5.26. The highest BCUT2D eigenvalue weighted by atomic mass is 79.9. The summed E-state index contributed by atoms with van der Waals surface area (Å²) < 4.78 is 0.789. The minimum absolute atomic E-state index is 0.329. The van der Waals surface area contributed by atoms with Crippen molar-refractivity contribution in [3.8, 4) is 10.6 Å². The molecule has 1 heterocycles. The zero-order chi connectivity index (χ0) is 23.2. The molecular weight excluding hydrogens is 500 g/mol. The number of carbonyl (C=O) groups is 2. The second-order valence-electron chi connectivity index (χ2n) is 7.50. The van der Waals surface area contributed by atoms with Gasteiger partial charge in [0.25, 0.3) is 5.91 Å². The van der Waals surface area contributed by atoms with Crippen molar-refractivity contribution >= 4 is 44.2 Å². The van der Waals surface area contributed by atoms with Crippen LogP contribution in [0.25, 0.3) is 10.6 Å². The zero-order valence-corrected chi connectivity index (χ0v) is 20.2. The number of aromatic nitrogens is 2. The maximum Gasteiger partial charge on any atom is 0.251 e. The van der Waals surface area contributed by atoms with Crippen LogP contribution in [0, 0.1) is 6.92 Å². The van der Waals surface area contributed by atoms with Gasteiger partial charge >= 0.3 is 0 Å². The third kappa shape index (κ3) is 6.12. The van der Waals surface area contributed by atoms with E-state index in [9.17, 15) is 9.59 Å². The first-order chi connectivity index (χ1) is 16.0. The summed E-state index contributed by atoms with van der Waals surface area (Å²) in [5.41, 5.74) is 3.46. The Kier molecular flexibility index (Phi) is 7.26. The fourth-order valence-corrected chi connectivity index (χ4v) is 4.43. The Balaban J connectivity index is 1.52. The van der Waals surface area contributed by atoms with Gasteiger partial charge in [-0.15, -0.1) is 10.2 Å².